The van der Waals surface area contributed by atoms with E-state index in [1.165, 1.54) is 11.6 Å². The van der Waals surface area contributed by atoms with Crippen molar-refractivity contribution in [1.82, 2.24) is 9.88 Å². The van der Waals surface area contributed by atoms with Gasteiger partial charge in [-0.05, 0) is 35.1 Å². The summed E-state index contributed by atoms with van der Waals surface area (Å²) in [5, 5.41) is 10.8. The van der Waals surface area contributed by atoms with Crippen molar-refractivity contribution >= 4 is 5.91 Å². The molecule has 1 aromatic heterocycles. The molecule has 0 fully saturated rings. The van der Waals surface area contributed by atoms with E-state index in [-0.39, 0.29) is 18.0 Å². The number of hydrogen-bond acceptors (Lipinski definition) is 3. The van der Waals surface area contributed by atoms with Crippen molar-refractivity contribution in [3.05, 3.63) is 106 Å². The number of benzene rings is 2. The first kappa shape index (κ1) is 21.5. The van der Waals surface area contributed by atoms with Gasteiger partial charge in [-0.3, -0.25) is 9.59 Å². The summed E-state index contributed by atoms with van der Waals surface area (Å²) in [7, 11) is 0. The Kier molecular flexibility index (Phi) is 7.57. The molecule has 1 amide bonds. The van der Waals surface area contributed by atoms with Gasteiger partial charge in [0, 0.05) is 25.2 Å². The third-order valence-electron chi connectivity index (χ3n) is 5.21. The molecule has 0 bridgehead atoms. The summed E-state index contributed by atoms with van der Waals surface area (Å²) in [5.74, 6) is -0.0331. The largest absolute Gasteiger partial charge is 0.387 e. The second kappa shape index (κ2) is 10.6. The average Bonchev–Trinajstić information content (AvgIpc) is 2.78. The Balaban J connectivity index is 1.70. The van der Waals surface area contributed by atoms with Gasteiger partial charge in [-0.15, -0.1) is 0 Å². The van der Waals surface area contributed by atoms with Crippen molar-refractivity contribution in [2.45, 2.75) is 38.8 Å². The lowest BCUT2D eigenvalue weighted by Crippen LogP contribution is -2.34. The summed E-state index contributed by atoms with van der Waals surface area (Å²) < 4.78 is 0. The zero-order valence-corrected chi connectivity index (χ0v) is 17.3. The van der Waals surface area contributed by atoms with Crippen molar-refractivity contribution in [2.75, 3.05) is 6.54 Å². The molecule has 1 unspecified atom stereocenters. The third kappa shape index (κ3) is 6.16. The molecule has 0 aliphatic carbocycles. The lowest BCUT2D eigenvalue weighted by atomic mass is 10.0. The fraction of sp³-hybridized carbons (Fsp3) is 0.280. The molecule has 3 rings (SSSR count). The molecule has 0 aliphatic rings. The van der Waals surface area contributed by atoms with E-state index >= 15 is 0 Å². The molecule has 30 heavy (non-hydrogen) atoms. The topological polar surface area (TPSA) is 73.4 Å². The minimum absolute atomic E-state index is 0.0331. The Hall–Kier alpha value is -3.18. The van der Waals surface area contributed by atoms with E-state index in [9.17, 15) is 14.7 Å². The summed E-state index contributed by atoms with van der Waals surface area (Å²) in [6.07, 6.45) is 2.67. The van der Waals surface area contributed by atoms with Crippen LogP contribution in [0.1, 0.15) is 41.7 Å². The molecular formula is C25H28N2O3. The van der Waals surface area contributed by atoms with Gasteiger partial charge in [-0.2, -0.15) is 0 Å². The highest BCUT2D eigenvalue weighted by atomic mass is 16.3. The molecule has 0 spiro atoms. The molecule has 0 saturated heterocycles. The molecular weight excluding hydrogens is 376 g/mol. The second-order valence-corrected chi connectivity index (χ2v) is 7.43. The van der Waals surface area contributed by atoms with Crippen LogP contribution in [-0.4, -0.2) is 27.4 Å². The minimum atomic E-state index is -0.753. The molecule has 156 valence electrons. The van der Waals surface area contributed by atoms with Gasteiger partial charge in [0.15, 0.2) is 0 Å². The molecule has 5 nitrogen and oxygen atoms in total. The van der Waals surface area contributed by atoms with Crippen LogP contribution < -0.4 is 5.56 Å². The molecule has 0 saturated carbocycles. The van der Waals surface area contributed by atoms with Gasteiger partial charge in [0.2, 0.25) is 11.5 Å². The quantitative estimate of drug-likeness (QED) is 0.572. The lowest BCUT2D eigenvalue weighted by molar-refractivity contribution is -0.133. The Bertz CT molecular complexity index is 976. The fourth-order valence-electron chi connectivity index (χ4n) is 3.36. The standard InChI is InChI=1S/C25H28N2O3/c1-2-19-8-12-22(13-9-19)23(28)18-27(17-21-6-4-3-5-7-21)25(30)15-11-20-10-14-24(29)26-16-20/h3-10,12-14,16,23,28H,2,11,15,17-18H2,1H3,(H,26,29). The molecule has 2 N–H and O–H groups in total. The zero-order valence-electron chi connectivity index (χ0n) is 17.3. The summed E-state index contributed by atoms with van der Waals surface area (Å²) in [6.45, 7) is 2.76. The first-order chi connectivity index (χ1) is 14.5. The first-order valence-electron chi connectivity index (χ1n) is 10.3. The van der Waals surface area contributed by atoms with E-state index in [1.54, 1.807) is 17.2 Å². The normalized spacial score (nSPS) is 11.8. The van der Waals surface area contributed by atoms with Gasteiger partial charge in [0.05, 0.1) is 12.6 Å². The van der Waals surface area contributed by atoms with Gasteiger partial charge in [-0.1, -0.05) is 67.6 Å². The maximum Gasteiger partial charge on any atom is 0.247 e. The number of nitrogens with one attached hydrogen (secondary N) is 1. The molecule has 3 aromatic rings. The van der Waals surface area contributed by atoms with Crippen molar-refractivity contribution in [3.8, 4) is 0 Å². The smallest absolute Gasteiger partial charge is 0.247 e. The third-order valence-corrected chi connectivity index (χ3v) is 5.21. The van der Waals surface area contributed by atoms with Crippen LogP contribution in [-0.2, 0) is 24.2 Å². The number of aromatic amines is 1. The molecule has 2 aromatic carbocycles. The number of carbonyl (C=O) groups excluding carboxylic acids is 1. The number of hydrogen-bond donors (Lipinski definition) is 2. The fourth-order valence-corrected chi connectivity index (χ4v) is 3.36. The van der Waals surface area contributed by atoms with Gasteiger partial charge in [0.1, 0.15) is 0 Å². The summed E-state index contributed by atoms with van der Waals surface area (Å²) in [4.78, 5) is 28.5. The monoisotopic (exact) mass is 404 g/mol. The number of amides is 1. The molecule has 1 atom stereocenters. The van der Waals surface area contributed by atoms with Crippen LogP contribution in [0.2, 0.25) is 0 Å². The van der Waals surface area contributed by atoms with Crippen LogP contribution in [0.25, 0.3) is 0 Å². The van der Waals surface area contributed by atoms with E-state index in [0.717, 1.165) is 23.1 Å². The maximum atomic E-state index is 13.0. The predicted molar refractivity (Wildman–Crippen MR) is 118 cm³/mol. The summed E-state index contributed by atoms with van der Waals surface area (Å²) in [5.41, 5.74) is 3.78. The number of pyridine rings is 1. The average molecular weight is 405 g/mol. The van der Waals surface area contributed by atoms with E-state index in [4.69, 9.17) is 0 Å². The first-order valence-corrected chi connectivity index (χ1v) is 10.3. The van der Waals surface area contributed by atoms with Gasteiger partial charge in [0.25, 0.3) is 0 Å². The number of rotatable bonds is 9. The highest BCUT2D eigenvalue weighted by Crippen LogP contribution is 2.18. The van der Waals surface area contributed by atoms with E-state index in [2.05, 4.69) is 11.9 Å². The Labute approximate surface area is 177 Å². The SMILES string of the molecule is CCc1ccc(C(O)CN(Cc2ccccc2)C(=O)CCc2ccc(=O)[nH]c2)cc1. The second-order valence-electron chi connectivity index (χ2n) is 7.43. The van der Waals surface area contributed by atoms with Crippen LogP contribution in [0.3, 0.4) is 0 Å². The number of aliphatic hydroxyl groups is 1. The highest BCUT2D eigenvalue weighted by Gasteiger charge is 2.19. The number of aryl methyl sites for hydroxylation is 2. The van der Waals surface area contributed by atoms with E-state index in [0.29, 0.717) is 19.4 Å². The number of carbonyl (C=O) groups is 1. The molecule has 0 aliphatic heterocycles. The zero-order chi connectivity index (χ0) is 21.3. The Morgan fingerprint density at radius 2 is 1.67 bits per heavy atom. The van der Waals surface area contributed by atoms with Crippen LogP contribution in [0, 0.1) is 0 Å². The van der Waals surface area contributed by atoms with E-state index in [1.807, 2.05) is 54.6 Å². The van der Waals surface area contributed by atoms with Gasteiger partial charge in [-0.25, -0.2) is 0 Å². The maximum absolute atomic E-state index is 13.0. The van der Waals surface area contributed by atoms with Crippen molar-refractivity contribution < 1.29 is 9.90 Å². The summed E-state index contributed by atoms with van der Waals surface area (Å²) >= 11 is 0. The van der Waals surface area contributed by atoms with Crippen LogP contribution >= 0.6 is 0 Å². The lowest BCUT2D eigenvalue weighted by Gasteiger charge is -2.26. The van der Waals surface area contributed by atoms with Gasteiger partial charge < -0.3 is 15.0 Å². The summed E-state index contributed by atoms with van der Waals surface area (Å²) in [6, 6.07) is 20.9. The predicted octanol–water partition coefficient (Wildman–Crippen LogP) is 3.63. The van der Waals surface area contributed by atoms with Crippen LogP contribution in [0.5, 0.6) is 0 Å². The van der Waals surface area contributed by atoms with Crippen LogP contribution in [0.15, 0.2) is 77.7 Å². The highest BCUT2D eigenvalue weighted by molar-refractivity contribution is 5.76. The van der Waals surface area contributed by atoms with Crippen molar-refractivity contribution in [2.24, 2.45) is 0 Å². The van der Waals surface area contributed by atoms with E-state index < -0.39 is 6.10 Å². The number of aliphatic hydroxyl groups excluding tert-OH is 1. The number of aromatic nitrogens is 1. The van der Waals surface area contributed by atoms with Crippen molar-refractivity contribution in [3.63, 3.8) is 0 Å². The molecule has 0 radical (unpaired) electrons. The van der Waals surface area contributed by atoms with Crippen molar-refractivity contribution in [1.29, 1.82) is 0 Å². The molecule has 5 heteroatoms. The Morgan fingerprint density at radius 1 is 0.967 bits per heavy atom. The minimum Gasteiger partial charge on any atom is -0.387 e. The number of H-pyrrole nitrogens is 1. The molecule has 1 heterocycles. The van der Waals surface area contributed by atoms with Gasteiger partial charge >= 0.3 is 0 Å². The Morgan fingerprint density at radius 3 is 2.30 bits per heavy atom. The number of nitrogens with zero attached hydrogens (tertiary/aromatic N) is 1. The van der Waals surface area contributed by atoms with Crippen LogP contribution in [0.4, 0.5) is 0 Å².